The third-order valence-electron chi connectivity index (χ3n) is 6.10. The number of unbranched alkanes of at least 4 members (excludes halogenated alkanes) is 1. The number of rotatable bonds is 10. The molecule has 4 rings (SSSR count). The van der Waals surface area contributed by atoms with E-state index in [1.807, 2.05) is 24.3 Å². The molecule has 37 heavy (non-hydrogen) atoms. The highest BCUT2D eigenvalue weighted by Gasteiger charge is 2.38. The molecular formula is C30H29ClN2O4. The lowest BCUT2D eigenvalue weighted by atomic mass is 10.1. The van der Waals surface area contributed by atoms with Gasteiger partial charge in [-0.3, -0.25) is 9.59 Å². The topological polar surface area (TPSA) is 75.7 Å². The summed E-state index contributed by atoms with van der Waals surface area (Å²) in [6.45, 7) is 4.24. The zero-order chi connectivity index (χ0) is 26.4. The van der Waals surface area contributed by atoms with Crippen LogP contribution in [0.25, 0.3) is 0 Å². The van der Waals surface area contributed by atoms with Crippen LogP contribution < -0.4 is 15.0 Å². The Morgan fingerprint density at radius 3 is 2.05 bits per heavy atom. The Bertz CT molecular complexity index is 1310. The highest BCUT2D eigenvalue weighted by atomic mass is 35.5. The van der Waals surface area contributed by atoms with Gasteiger partial charge in [-0.2, -0.15) is 0 Å². The molecule has 0 aliphatic carbocycles. The summed E-state index contributed by atoms with van der Waals surface area (Å²) in [5.41, 5.74) is 3.64. The first kappa shape index (κ1) is 26.2. The van der Waals surface area contributed by atoms with Crippen LogP contribution in [0.3, 0.4) is 0 Å². The summed E-state index contributed by atoms with van der Waals surface area (Å²) in [6.07, 6.45) is 5.13. The molecule has 190 valence electrons. The maximum Gasteiger partial charge on any atom is 0.343 e. The highest BCUT2D eigenvalue weighted by molar-refractivity contribution is 6.53. The smallest absolute Gasteiger partial charge is 0.343 e. The molecule has 0 aromatic heterocycles. The molecule has 1 aliphatic heterocycles. The van der Waals surface area contributed by atoms with Crippen LogP contribution in [-0.2, 0) is 22.4 Å². The van der Waals surface area contributed by atoms with Gasteiger partial charge >= 0.3 is 5.97 Å². The summed E-state index contributed by atoms with van der Waals surface area (Å²) in [5.74, 6) is -1.14. The van der Waals surface area contributed by atoms with E-state index in [0.29, 0.717) is 22.7 Å². The van der Waals surface area contributed by atoms with Crippen LogP contribution in [0.15, 0.2) is 83.5 Å². The van der Waals surface area contributed by atoms with Crippen molar-refractivity contribution in [1.29, 1.82) is 0 Å². The Hall–Kier alpha value is -3.90. The normalized spacial score (nSPS) is 13.3. The number of halogens is 1. The Labute approximate surface area is 221 Å². The molecule has 0 saturated heterocycles. The fraction of sp³-hybridized carbons (Fsp3) is 0.233. The molecule has 0 atom stereocenters. The van der Waals surface area contributed by atoms with Crippen LogP contribution in [-0.4, -0.2) is 17.8 Å². The number of carbonyl (C=O) groups excluding carboxylic acids is 3. The van der Waals surface area contributed by atoms with E-state index in [1.165, 1.54) is 5.56 Å². The fourth-order valence-corrected chi connectivity index (χ4v) is 4.26. The number of amides is 2. The lowest BCUT2D eigenvalue weighted by molar-refractivity contribution is -0.120. The lowest BCUT2D eigenvalue weighted by Gasteiger charge is -2.15. The van der Waals surface area contributed by atoms with E-state index in [2.05, 4.69) is 19.2 Å². The van der Waals surface area contributed by atoms with Crippen molar-refractivity contribution in [2.45, 2.75) is 46.0 Å². The van der Waals surface area contributed by atoms with Gasteiger partial charge in [-0.25, -0.2) is 9.69 Å². The molecule has 7 heteroatoms. The van der Waals surface area contributed by atoms with Crippen molar-refractivity contribution in [2.24, 2.45) is 0 Å². The van der Waals surface area contributed by atoms with Crippen LogP contribution in [0.5, 0.6) is 5.75 Å². The highest BCUT2D eigenvalue weighted by Crippen LogP contribution is 2.30. The maximum atomic E-state index is 13.1. The van der Waals surface area contributed by atoms with Crippen molar-refractivity contribution in [3.8, 4) is 5.75 Å². The molecule has 3 aromatic rings. The summed E-state index contributed by atoms with van der Waals surface area (Å²) in [6, 6.07) is 21.2. The van der Waals surface area contributed by atoms with E-state index in [0.717, 1.165) is 42.6 Å². The molecule has 1 heterocycles. The summed E-state index contributed by atoms with van der Waals surface area (Å²) in [5, 5.41) is 2.74. The van der Waals surface area contributed by atoms with Gasteiger partial charge in [0.05, 0.1) is 11.3 Å². The zero-order valence-corrected chi connectivity index (χ0v) is 21.7. The number of carbonyl (C=O) groups is 3. The molecule has 6 nitrogen and oxygen atoms in total. The van der Waals surface area contributed by atoms with E-state index in [9.17, 15) is 14.4 Å². The summed E-state index contributed by atoms with van der Waals surface area (Å²) >= 11 is 6.25. The maximum absolute atomic E-state index is 13.1. The lowest BCUT2D eigenvalue weighted by Crippen LogP contribution is -2.32. The number of hydrogen-bond acceptors (Lipinski definition) is 5. The minimum atomic E-state index is -0.583. The second-order valence-electron chi connectivity index (χ2n) is 8.89. The van der Waals surface area contributed by atoms with Gasteiger partial charge in [0.1, 0.15) is 16.5 Å². The number of esters is 1. The van der Waals surface area contributed by atoms with Crippen molar-refractivity contribution in [3.05, 3.63) is 100 Å². The first-order chi connectivity index (χ1) is 17.9. The van der Waals surface area contributed by atoms with E-state index >= 15 is 0 Å². The van der Waals surface area contributed by atoms with E-state index in [4.69, 9.17) is 16.3 Å². The number of nitrogens with zero attached hydrogens (tertiary/aromatic N) is 1. The van der Waals surface area contributed by atoms with Crippen LogP contribution in [0.2, 0.25) is 0 Å². The third kappa shape index (κ3) is 6.09. The Balaban J connectivity index is 1.41. The number of benzene rings is 3. The molecule has 0 unspecified atom stereocenters. The average Bonchev–Trinajstić information content (AvgIpc) is 3.12. The minimum Gasteiger partial charge on any atom is -0.423 e. The van der Waals surface area contributed by atoms with Crippen molar-refractivity contribution < 1.29 is 19.1 Å². The van der Waals surface area contributed by atoms with Crippen LogP contribution in [0.4, 0.5) is 11.4 Å². The predicted octanol–water partition coefficient (Wildman–Crippen LogP) is 6.64. The van der Waals surface area contributed by atoms with Gasteiger partial charge in [-0.05, 0) is 78.9 Å². The number of nitrogens with one attached hydrogen (secondary N) is 1. The van der Waals surface area contributed by atoms with Crippen molar-refractivity contribution in [3.63, 3.8) is 0 Å². The molecular weight excluding hydrogens is 488 g/mol. The average molecular weight is 517 g/mol. The molecule has 0 radical (unpaired) electrons. The Morgan fingerprint density at radius 2 is 1.43 bits per heavy atom. The van der Waals surface area contributed by atoms with Gasteiger partial charge in [0.2, 0.25) is 0 Å². The summed E-state index contributed by atoms with van der Waals surface area (Å²) in [4.78, 5) is 39.4. The molecule has 0 bridgehead atoms. The third-order valence-corrected chi connectivity index (χ3v) is 6.45. The number of imide groups is 1. The quantitative estimate of drug-likeness (QED) is 0.186. The number of aryl methyl sites for hydroxylation is 2. The Morgan fingerprint density at radius 1 is 0.811 bits per heavy atom. The van der Waals surface area contributed by atoms with Crippen LogP contribution in [0, 0.1) is 0 Å². The molecule has 2 amide bonds. The first-order valence-electron chi connectivity index (χ1n) is 12.5. The van der Waals surface area contributed by atoms with Gasteiger partial charge in [0.15, 0.2) is 0 Å². The van der Waals surface area contributed by atoms with Gasteiger partial charge in [0.25, 0.3) is 11.8 Å². The number of anilines is 2. The number of ether oxygens (including phenoxy) is 1. The molecule has 0 fully saturated rings. The molecule has 0 spiro atoms. The van der Waals surface area contributed by atoms with E-state index in [1.54, 1.807) is 48.5 Å². The van der Waals surface area contributed by atoms with Gasteiger partial charge in [0, 0.05) is 5.69 Å². The zero-order valence-electron chi connectivity index (χ0n) is 20.9. The predicted molar refractivity (Wildman–Crippen MR) is 146 cm³/mol. The van der Waals surface area contributed by atoms with Crippen molar-refractivity contribution >= 4 is 40.8 Å². The summed E-state index contributed by atoms with van der Waals surface area (Å²) < 4.78 is 5.45. The summed E-state index contributed by atoms with van der Waals surface area (Å²) in [7, 11) is 0. The van der Waals surface area contributed by atoms with Gasteiger partial charge in [-0.1, -0.05) is 62.6 Å². The van der Waals surface area contributed by atoms with Crippen molar-refractivity contribution in [1.82, 2.24) is 0 Å². The van der Waals surface area contributed by atoms with Crippen LogP contribution >= 0.6 is 11.6 Å². The SMILES string of the molecule is CCCCc1ccc(N2C(=O)C(Cl)=C(Nc3ccc(C(=O)Oc4ccc(CCC)cc4)cc3)C2=O)cc1. The first-order valence-corrected chi connectivity index (χ1v) is 12.8. The minimum absolute atomic E-state index is 0.00998. The number of hydrogen-bond donors (Lipinski definition) is 1. The standard InChI is InChI=1S/C30H29ClN2O4/c1-3-5-7-21-8-16-24(17-9-21)33-28(34)26(31)27(29(33)35)32-23-14-12-22(13-15-23)30(36)37-25-18-10-20(6-4-2)11-19-25/h8-19,32H,3-7H2,1-2H3. The fourth-order valence-electron chi connectivity index (χ4n) is 4.05. The molecule has 1 N–H and O–H groups in total. The second-order valence-corrected chi connectivity index (χ2v) is 9.27. The molecule has 3 aromatic carbocycles. The van der Waals surface area contributed by atoms with E-state index in [-0.39, 0.29) is 10.7 Å². The van der Waals surface area contributed by atoms with E-state index < -0.39 is 17.8 Å². The second kappa shape index (κ2) is 11.9. The molecule has 1 aliphatic rings. The monoisotopic (exact) mass is 516 g/mol. The molecule has 0 saturated carbocycles. The van der Waals surface area contributed by atoms with Gasteiger partial charge < -0.3 is 10.1 Å². The van der Waals surface area contributed by atoms with Gasteiger partial charge in [-0.15, -0.1) is 0 Å². The largest absolute Gasteiger partial charge is 0.423 e. The van der Waals surface area contributed by atoms with Crippen LogP contribution in [0.1, 0.15) is 54.6 Å². The van der Waals surface area contributed by atoms with Crippen molar-refractivity contribution in [2.75, 3.05) is 10.2 Å². The Kier molecular flexibility index (Phi) is 8.41.